The second kappa shape index (κ2) is 8.75. The highest BCUT2D eigenvalue weighted by atomic mass is 35.5. The standard InChI is InChI=1S/C26H30ClN3O2S/c1-6-33-30(5)21-9-7-8-16(14(21)2)22-19(27)13-18(25(28)31)24-23(22)17-11-10-15(26(3,4)32)12-20(17)29-24/h6-9,13,15,29,32H,1,10-12H2,2-5H3,(H2,28,31). The van der Waals surface area contributed by atoms with Gasteiger partial charge >= 0.3 is 0 Å². The fourth-order valence-corrected chi connectivity index (χ4v) is 5.88. The maximum atomic E-state index is 12.3. The lowest BCUT2D eigenvalue weighted by Crippen LogP contribution is -2.34. The molecule has 0 spiro atoms. The minimum absolute atomic E-state index is 0.128. The Kier molecular flexibility index (Phi) is 6.29. The number of hydrogen-bond donors (Lipinski definition) is 3. The molecule has 0 bridgehead atoms. The third-order valence-corrected chi connectivity index (χ3v) is 7.79. The van der Waals surface area contributed by atoms with Crippen molar-refractivity contribution in [3.63, 3.8) is 0 Å². The van der Waals surface area contributed by atoms with Crippen LogP contribution in [0, 0.1) is 12.8 Å². The van der Waals surface area contributed by atoms with E-state index < -0.39 is 11.5 Å². The summed E-state index contributed by atoms with van der Waals surface area (Å²) in [6.45, 7) is 9.61. The molecular formula is C26H30ClN3O2S. The number of amides is 1. The number of aliphatic hydroxyl groups is 1. The monoisotopic (exact) mass is 483 g/mol. The summed E-state index contributed by atoms with van der Waals surface area (Å²) >= 11 is 8.37. The van der Waals surface area contributed by atoms with Crippen LogP contribution in [0.4, 0.5) is 5.69 Å². The van der Waals surface area contributed by atoms with Crippen molar-refractivity contribution in [1.82, 2.24) is 4.98 Å². The number of carbonyl (C=O) groups is 1. The van der Waals surface area contributed by atoms with E-state index in [2.05, 4.69) is 34.9 Å². The van der Waals surface area contributed by atoms with E-state index in [0.29, 0.717) is 17.0 Å². The smallest absolute Gasteiger partial charge is 0.250 e. The van der Waals surface area contributed by atoms with Crippen molar-refractivity contribution in [2.24, 2.45) is 11.7 Å². The van der Waals surface area contributed by atoms with E-state index >= 15 is 0 Å². The first-order valence-electron chi connectivity index (χ1n) is 11.0. The first kappa shape index (κ1) is 23.7. The molecule has 0 saturated heterocycles. The molecule has 5 nitrogen and oxygen atoms in total. The summed E-state index contributed by atoms with van der Waals surface area (Å²) in [5.74, 6) is -0.387. The number of H-pyrrole nitrogens is 1. The third kappa shape index (κ3) is 4.16. The van der Waals surface area contributed by atoms with Gasteiger partial charge in [0.05, 0.1) is 22.4 Å². The van der Waals surface area contributed by atoms with Gasteiger partial charge in [0.2, 0.25) is 0 Å². The summed E-state index contributed by atoms with van der Waals surface area (Å²) in [4.78, 5) is 15.8. The lowest BCUT2D eigenvalue weighted by molar-refractivity contribution is 0.0107. The Morgan fingerprint density at radius 3 is 2.79 bits per heavy atom. The molecule has 0 fully saturated rings. The predicted molar refractivity (Wildman–Crippen MR) is 140 cm³/mol. The van der Waals surface area contributed by atoms with Gasteiger partial charge in [0, 0.05) is 28.7 Å². The first-order chi connectivity index (χ1) is 15.5. The van der Waals surface area contributed by atoms with Crippen molar-refractivity contribution in [3.8, 4) is 11.1 Å². The normalized spacial score (nSPS) is 16.0. The molecule has 1 unspecified atom stereocenters. The highest BCUT2D eigenvalue weighted by Gasteiger charge is 2.34. The molecular weight excluding hydrogens is 454 g/mol. The van der Waals surface area contributed by atoms with Gasteiger partial charge < -0.3 is 20.1 Å². The van der Waals surface area contributed by atoms with Crippen molar-refractivity contribution < 1.29 is 9.90 Å². The molecule has 1 atom stereocenters. The minimum Gasteiger partial charge on any atom is -0.390 e. The molecule has 1 aromatic heterocycles. The van der Waals surface area contributed by atoms with Crippen molar-refractivity contribution in [1.29, 1.82) is 0 Å². The molecule has 33 heavy (non-hydrogen) atoms. The molecule has 0 radical (unpaired) electrons. The van der Waals surface area contributed by atoms with Crippen LogP contribution in [0.5, 0.6) is 0 Å². The van der Waals surface area contributed by atoms with Crippen molar-refractivity contribution >= 4 is 46.0 Å². The van der Waals surface area contributed by atoms with Crippen LogP contribution in [0.1, 0.15) is 47.4 Å². The fourth-order valence-electron chi connectivity index (χ4n) is 5.04. The fraction of sp³-hybridized carbons (Fsp3) is 0.346. The SMILES string of the molecule is C=CSN(C)c1cccc(-c2c(Cl)cc(C(N)=O)c3[nH]c4c(c23)CCC(C(C)(C)O)C4)c1C. The molecule has 2 aromatic carbocycles. The van der Waals surface area contributed by atoms with E-state index in [-0.39, 0.29) is 5.92 Å². The van der Waals surface area contributed by atoms with Gasteiger partial charge in [-0.3, -0.25) is 4.79 Å². The quantitative estimate of drug-likeness (QED) is 0.375. The van der Waals surface area contributed by atoms with E-state index in [1.807, 2.05) is 27.0 Å². The van der Waals surface area contributed by atoms with Crippen molar-refractivity contribution in [3.05, 3.63) is 63.7 Å². The van der Waals surface area contributed by atoms with Crippen LogP contribution in [-0.4, -0.2) is 28.6 Å². The Morgan fingerprint density at radius 1 is 1.42 bits per heavy atom. The van der Waals surface area contributed by atoms with E-state index in [9.17, 15) is 9.90 Å². The molecule has 3 aromatic rings. The Balaban J connectivity index is 2.00. The zero-order valence-electron chi connectivity index (χ0n) is 19.5. The molecule has 4 N–H and O–H groups in total. The average Bonchev–Trinajstić information content (AvgIpc) is 3.12. The highest BCUT2D eigenvalue weighted by Crippen LogP contribution is 2.46. The van der Waals surface area contributed by atoms with Crippen LogP contribution in [0.15, 0.2) is 36.3 Å². The molecule has 0 saturated carbocycles. The van der Waals surface area contributed by atoms with Gasteiger partial charge in [0.1, 0.15) is 0 Å². The van der Waals surface area contributed by atoms with Crippen molar-refractivity contribution in [2.45, 2.75) is 45.6 Å². The lowest BCUT2D eigenvalue weighted by atomic mass is 9.77. The van der Waals surface area contributed by atoms with E-state index in [0.717, 1.165) is 57.4 Å². The summed E-state index contributed by atoms with van der Waals surface area (Å²) in [6.07, 6.45) is 2.36. The second-order valence-electron chi connectivity index (χ2n) is 9.29. The van der Waals surface area contributed by atoms with Gasteiger partial charge in [-0.2, -0.15) is 0 Å². The van der Waals surface area contributed by atoms with Crippen LogP contribution in [0.3, 0.4) is 0 Å². The van der Waals surface area contributed by atoms with Crippen LogP contribution in [-0.2, 0) is 12.8 Å². The molecule has 0 aliphatic heterocycles. The minimum atomic E-state index is -0.777. The molecule has 4 rings (SSSR count). The van der Waals surface area contributed by atoms with Gasteiger partial charge in [-0.15, -0.1) is 0 Å². The number of aromatic amines is 1. The number of nitrogens with one attached hydrogen (secondary N) is 1. The Bertz CT molecular complexity index is 1260. The summed E-state index contributed by atoms with van der Waals surface area (Å²) < 4.78 is 2.06. The summed E-state index contributed by atoms with van der Waals surface area (Å²) in [5.41, 5.74) is 12.4. The number of rotatable bonds is 6. The predicted octanol–water partition coefficient (Wildman–Crippen LogP) is 6.00. The van der Waals surface area contributed by atoms with Gasteiger partial charge in [-0.25, -0.2) is 0 Å². The summed E-state index contributed by atoms with van der Waals surface area (Å²) in [5, 5.41) is 13.9. The number of nitrogens with two attached hydrogens (primary N) is 1. The Morgan fingerprint density at radius 2 is 2.15 bits per heavy atom. The molecule has 1 aliphatic carbocycles. The van der Waals surface area contributed by atoms with Crippen molar-refractivity contribution in [2.75, 3.05) is 11.4 Å². The van der Waals surface area contributed by atoms with E-state index in [4.69, 9.17) is 17.3 Å². The highest BCUT2D eigenvalue weighted by molar-refractivity contribution is 8.03. The molecule has 1 amide bonds. The number of hydrogen-bond acceptors (Lipinski definition) is 4. The zero-order valence-corrected chi connectivity index (χ0v) is 21.0. The van der Waals surface area contributed by atoms with E-state index in [1.54, 1.807) is 11.5 Å². The van der Waals surface area contributed by atoms with Gasteiger partial charge in [0.15, 0.2) is 0 Å². The largest absolute Gasteiger partial charge is 0.390 e. The number of benzene rings is 2. The summed E-state index contributed by atoms with van der Waals surface area (Å²) in [6, 6.07) is 7.83. The third-order valence-electron chi connectivity index (χ3n) is 6.83. The zero-order chi connectivity index (χ0) is 24.1. The van der Waals surface area contributed by atoms with Crippen LogP contribution >= 0.6 is 23.5 Å². The lowest BCUT2D eigenvalue weighted by Gasteiger charge is -2.32. The van der Waals surface area contributed by atoms with Crippen LogP contribution in [0.2, 0.25) is 5.02 Å². The topological polar surface area (TPSA) is 82.3 Å². The van der Waals surface area contributed by atoms with Crippen LogP contribution in [0.25, 0.3) is 22.0 Å². The molecule has 1 aliphatic rings. The average molecular weight is 484 g/mol. The Hall–Kier alpha value is -2.41. The number of primary amides is 1. The Labute approximate surface area is 204 Å². The molecule has 174 valence electrons. The molecule has 7 heteroatoms. The number of fused-ring (bicyclic) bond motifs is 3. The van der Waals surface area contributed by atoms with E-state index in [1.165, 1.54) is 11.9 Å². The maximum absolute atomic E-state index is 12.3. The summed E-state index contributed by atoms with van der Waals surface area (Å²) in [7, 11) is 2.00. The van der Waals surface area contributed by atoms with Gasteiger partial charge in [-0.05, 0) is 92.1 Å². The van der Waals surface area contributed by atoms with Crippen LogP contribution < -0.4 is 10.0 Å². The number of carbonyl (C=O) groups excluding carboxylic acids is 1. The number of aryl methyl sites for hydroxylation is 1. The van der Waals surface area contributed by atoms with Gasteiger partial charge in [-0.1, -0.05) is 30.3 Å². The molecule has 1 heterocycles. The van der Waals surface area contributed by atoms with Gasteiger partial charge in [0.25, 0.3) is 5.91 Å². The number of anilines is 1. The first-order valence-corrected chi connectivity index (χ1v) is 12.3. The number of nitrogens with zero attached hydrogens (tertiary/aromatic N) is 1. The number of halogens is 1. The number of aromatic nitrogens is 1. The maximum Gasteiger partial charge on any atom is 0.250 e. The second-order valence-corrected chi connectivity index (χ2v) is 10.8.